The van der Waals surface area contributed by atoms with Crippen LogP contribution in [0.1, 0.15) is 63.4 Å². The molecule has 0 aromatic heterocycles. The lowest BCUT2D eigenvalue weighted by atomic mass is 9.80. The lowest BCUT2D eigenvalue weighted by molar-refractivity contribution is -0.178. The van der Waals surface area contributed by atoms with Gasteiger partial charge in [-0.25, -0.2) is 0 Å². The molecule has 1 saturated carbocycles. The third kappa shape index (κ3) is 6.13. The van der Waals surface area contributed by atoms with E-state index in [9.17, 15) is 9.59 Å². The van der Waals surface area contributed by atoms with Crippen LogP contribution in [0.5, 0.6) is 11.5 Å². The van der Waals surface area contributed by atoms with Crippen molar-refractivity contribution in [3.05, 3.63) is 107 Å². The zero-order chi connectivity index (χ0) is 29.9. The molecular formula is C37H38N2O5. The number of fused-ring (bicyclic) bond motifs is 1. The summed E-state index contributed by atoms with van der Waals surface area (Å²) >= 11 is 0. The van der Waals surface area contributed by atoms with Crippen LogP contribution in [0.4, 0.5) is 0 Å². The highest BCUT2D eigenvalue weighted by molar-refractivity contribution is 5.94. The van der Waals surface area contributed by atoms with Crippen LogP contribution in [0.25, 0.3) is 10.8 Å². The number of piperazine rings is 1. The van der Waals surface area contributed by atoms with Crippen LogP contribution in [0.15, 0.2) is 84.9 Å². The number of hydrogen-bond acceptors (Lipinski definition) is 6. The first-order valence-corrected chi connectivity index (χ1v) is 15.7. The lowest BCUT2D eigenvalue weighted by Gasteiger charge is -2.35. The van der Waals surface area contributed by atoms with E-state index in [0.717, 1.165) is 57.2 Å². The average Bonchev–Trinajstić information content (AvgIpc) is 3.53. The quantitative estimate of drug-likeness (QED) is 0.221. The molecule has 7 rings (SSSR count). The maximum atomic E-state index is 13.3. The minimum Gasteiger partial charge on any atom is -0.457 e. The largest absolute Gasteiger partial charge is 0.457 e. The van der Waals surface area contributed by atoms with E-state index in [1.54, 1.807) is 24.3 Å². The first-order valence-electron chi connectivity index (χ1n) is 15.7. The van der Waals surface area contributed by atoms with Crippen molar-refractivity contribution in [2.24, 2.45) is 0 Å². The molecule has 0 unspecified atom stereocenters. The molecule has 226 valence electrons. The second-order valence-corrected chi connectivity index (χ2v) is 12.2. The Balaban J connectivity index is 0.929. The van der Waals surface area contributed by atoms with Gasteiger partial charge < -0.3 is 19.1 Å². The Hall–Kier alpha value is -4.04. The molecule has 0 atom stereocenters. The van der Waals surface area contributed by atoms with Crippen LogP contribution < -0.4 is 4.74 Å². The van der Waals surface area contributed by atoms with Gasteiger partial charge in [0.15, 0.2) is 12.1 Å². The number of carbonyl (C=O) groups excluding carboxylic acids is 2. The van der Waals surface area contributed by atoms with Gasteiger partial charge in [0.25, 0.3) is 5.91 Å². The zero-order valence-electron chi connectivity index (χ0n) is 25.0. The molecule has 0 radical (unpaired) electrons. The fourth-order valence-corrected chi connectivity index (χ4v) is 6.86. The van der Waals surface area contributed by atoms with Crippen molar-refractivity contribution >= 4 is 23.0 Å². The number of hydrogen-bond donors (Lipinski definition) is 0. The molecule has 7 nitrogen and oxygen atoms in total. The van der Waals surface area contributed by atoms with Crippen molar-refractivity contribution in [3.63, 3.8) is 0 Å². The maximum Gasteiger partial charge on any atom is 0.253 e. The van der Waals surface area contributed by atoms with Gasteiger partial charge in [-0.1, -0.05) is 42.5 Å². The molecule has 4 aromatic rings. The Morgan fingerprint density at radius 2 is 1.57 bits per heavy atom. The van der Waals surface area contributed by atoms with Crippen molar-refractivity contribution in [3.8, 4) is 11.5 Å². The first-order chi connectivity index (χ1) is 21.6. The number of amides is 1. The summed E-state index contributed by atoms with van der Waals surface area (Å²) in [7, 11) is 0. The summed E-state index contributed by atoms with van der Waals surface area (Å²) in [5, 5.41) is 2.51. The van der Waals surface area contributed by atoms with Gasteiger partial charge in [-0.2, -0.15) is 0 Å². The molecule has 3 aliphatic rings. The van der Waals surface area contributed by atoms with Gasteiger partial charge in [-0.05, 0) is 83.1 Å². The first kappa shape index (κ1) is 28.7. The maximum absolute atomic E-state index is 13.3. The SMILES string of the molecule is O=Cc1cc(C2CCC3(CC2)OCCO3)ccc1Oc1ccc(C(=O)N2CCN(Cc3ccc4ccccc4c3)CC2)cc1. The Morgan fingerprint density at radius 1 is 0.841 bits per heavy atom. The predicted octanol–water partition coefficient (Wildman–Crippen LogP) is 6.80. The molecule has 2 saturated heterocycles. The fourth-order valence-electron chi connectivity index (χ4n) is 6.86. The number of aldehydes is 1. The Kier molecular flexibility index (Phi) is 8.17. The molecule has 4 aromatic carbocycles. The van der Waals surface area contributed by atoms with Crippen LogP contribution in [-0.4, -0.2) is 67.2 Å². The van der Waals surface area contributed by atoms with E-state index in [4.69, 9.17) is 14.2 Å². The summed E-state index contributed by atoms with van der Waals surface area (Å²) in [6.45, 7) is 5.30. The van der Waals surface area contributed by atoms with E-state index < -0.39 is 5.79 Å². The van der Waals surface area contributed by atoms with Crippen molar-refractivity contribution in [2.75, 3.05) is 39.4 Å². The minimum atomic E-state index is -0.395. The van der Waals surface area contributed by atoms with Crippen molar-refractivity contribution < 1.29 is 23.8 Å². The molecule has 1 spiro atoms. The molecule has 1 aliphatic carbocycles. The standard InChI is InChI=1S/C37H38N2O5/c40-26-33-24-32(29-13-15-37(16-14-29)42-21-22-43-37)9-12-35(33)44-34-10-7-30(8-11-34)36(41)39-19-17-38(18-20-39)25-27-5-6-28-3-1-2-4-31(28)23-27/h1-12,23-24,26,29H,13-22,25H2. The molecule has 0 N–H and O–H groups in total. The Bertz CT molecular complexity index is 1630. The molecule has 0 bridgehead atoms. The number of rotatable bonds is 7. The van der Waals surface area contributed by atoms with Crippen molar-refractivity contribution in [1.82, 2.24) is 9.80 Å². The normalized spacial score (nSPS) is 19.0. The van der Waals surface area contributed by atoms with Gasteiger partial charge in [0, 0.05) is 51.1 Å². The summed E-state index contributed by atoms with van der Waals surface area (Å²) in [4.78, 5) is 29.6. The number of benzene rings is 4. The van der Waals surface area contributed by atoms with Crippen molar-refractivity contribution in [1.29, 1.82) is 0 Å². The molecule has 3 fully saturated rings. The van der Waals surface area contributed by atoms with Crippen LogP contribution in [-0.2, 0) is 16.0 Å². The summed E-state index contributed by atoms with van der Waals surface area (Å²) in [6.07, 6.45) is 4.53. The molecular weight excluding hydrogens is 552 g/mol. The van der Waals surface area contributed by atoms with Gasteiger partial charge in [-0.15, -0.1) is 0 Å². The van der Waals surface area contributed by atoms with Crippen LogP contribution in [0, 0.1) is 0 Å². The van der Waals surface area contributed by atoms with Crippen LogP contribution >= 0.6 is 0 Å². The summed E-state index contributed by atoms with van der Waals surface area (Å²) < 4.78 is 17.8. The summed E-state index contributed by atoms with van der Waals surface area (Å²) in [5.41, 5.74) is 3.60. The highest BCUT2D eigenvalue weighted by atomic mass is 16.7. The van der Waals surface area contributed by atoms with E-state index in [-0.39, 0.29) is 5.91 Å². The average molecular weight is 591 g/mol. The molecule has 44 heavy (non-hydrogen) atoms. The molecule has 2 aliphatic heterocycles. The fraction of sp³-hybridized carbons (Fsp3) is 0.351. The predicted molar refractivity (Wildman–Crippen MR) is 169 cm³/mol. The summed E-state index contributed by atoms with van der Waals surface area (Å²) in [6, 6.07) is 28.1. The second-order valence-electron chi connectivity index (χ2n) is 12.2. The van der Waals surface area contributed by atoms with Crippen LogP contribution in [0.3, 0.4) is 0 Å². The Morgan fingerprint density at radius 3 is 2.30 bits per heavy atom. The van der Waals surface area contributed by atoms with Crippen LogP contribution in [0.2, 0.25) is 0 Å². The second kappa shape index (κ2) is 12.5. The summed E-state index contributed by atoms with van der Waals surface area (Å²) in [5.74, 6) is 1.11. The van der Waals surface area contributed by atoms with Gasteiger partial charge in [0.1, 0.15) is 11.5 Å². The number of ether oxygens (including phenoxy) is 3. The van der Waals surface area contributed by atoms with E-state index in [1.165, 1.54) is 16.3 Å². The Labute approximate surface area is 258 Å². The number of carbonyl (C=O) groups is 2. The molecule has 7 heteroatoms. The third-order valence-corrected chi connectivity index (χ3v) is 9.40. The smallest absolute Gasteiger partial charge is 0.253 e. The monoisotopic (exact) mass is 590 g/mol. The lowest BCUT2D eigenvalue weighted by Crippen LogP contribution is -2.48. The minimum absolute atomic E-state index is 0.0301. The van der Waals surface area contributed by atoms with E-state index in [0.29, 0.717) is 54.8 Å². The molecule has 2 heterocycles. The van der Waals surface area contributed by atoms with Gasteiger partial charge in [0.2, 0.25) is 0 Å². The topological polar surface area (TPSA) is 68.3 Å². The highest BCUT2D eigenvalue weighted by Crippen LogP contribution is 2.43. The number of nitrogens with zero attached hydrogens (tertiary/aromatic N) is 2. The third-order valence-electron chi connectivity index (χ3n) is 9.40. The molecule has 1 amide bonds. The van der Waals surface area contributed by atoms with Gasteiger partial charge >= 0.3 is 0 Å². The van der Waals surface area contributed by atoms with E-state index in [2.05, 4.69) is 53.4 Å². The van der Waals surface area contributed by atoms with Gasteiger partial charge in [-0.3, -0.25) is 14.5 Å². The van der Waals surface area contributed by atoms with Gasteiger partial charge in [0.05, 0.1) is 18.8 Å². The van der Waals surface area contributed by atoms with E-state index in [1.807, 2.05) is 17.0 Å². The highest BCUT2D eigenvalue weighted by Gasteiger charge is 2.40. The van der Waals surface area contributed by atoms with Crippen molar-refractivity contribution in [2.45, 2.75) is 43.9 Å². The zero-order valence-corrected chi connectivity index (χ0v) is 25.0. The van der Waals surface area contributed by atoms with E-state index >= 15 is 0 Å².